The van der Waals surface area contributed by atoms with Crippen molar-refractivity contribution in [3.8, 4) is 5.75 Å². The Morgan fingerprint density at radius 3 is 2.08 bits per heavy atom. The Bertz CT molecular complexity index is 617. The molecule has 0 aromatic heterocycles. The van der Waals surface area contributed by atoms with Gasteiger partial charge in [0.05, 0.1) is 6.61 Å². The van der Waals surface area contributed by atoms with Crippen LogP contribution in [0.2, 0.25) is 0 Å². The van der Waals surface area contributed by atoms with E-state index >= 15 is 0 Å². The minimum absolute atomic E-state index is 0.00417. The van der Waals surface area contributed by atoms with E-state index in [1.165, 1.54) is 31.2 Å². The molecule has 0 aliphatic carbocycles. The maximum absolute atomic E-state index is 5.82. The van der Waals surface area contributed by atoms with Crippen molar-refractivity contribution in [2.45, 2.75) is 46.5 Å². The molecule has 25 heavy (non-hydrogen) atoms. The molecule has 0 saturated heterocycles. The summed E-state index contributed by atoms with van der Waals surface area (Å²) in [6.07, 6.45) is 5.00. The molecule has 0 spiro atoms. The number of hydrogen-bond acceptors (Lipinski definition) is 3. The molecular weight excluding hydrogens is 308 g/mol. The topological polar surface area (TPSA) is 47.3 Å². The van der Waals surface area contributed by atoms with E-state index < -0.39 is 0 Å². The van der Waals surface area contributed by atoms with Crippen LogP contribution in [-0.2, 0) is 6.42 Å². The van der Waals surface area contributed by atoms with Crippen LogP contribution < -0.4 is 15.8 Å². The zero-order valence-electron chi connectivity index (χ0n) is 15.8. The lowest BCUT2D eigenvalue weighted by Gasteiger charge is -2.22. The second-order valence-electron chi connectivity index (χ2n) is 7.46. The van der Waals surface area contributed by atoms with Crippen molar-refractivity contribution in [1.82, 2.24) is 0 Å². The van der Waals surface area contributed by atoms with E-state index in [0.29, 0.717) is 13.2 Å². The Morgan fingerprint density at radius 2 is 1.52 bits per heavy atom. The first-order valence-corrected chi connectivity index (χ1v) is 9.31. The predicted octanol–water partition coefficient (Wildman–Crippen LogP) is 5.53. The Morgan fingerprint density at radius 1 is 0.920 bits per heavy atom. The fourth-order valence-electron chi connectivity index (χ4n) is 2.47. The number of nitrogens with one attached hydrogen (secondary N) is 1. The van der Waals surface area contributed by atoms with Crippen LogP contribution in [0.4, 0.5) is 11.4 Å². The summed E-state index contributed by atoms with van der Waals surface area (Å²) in [5.74, 6) is 0.873. The number of rotatable bonds is 10. The zero-order chi connectivity index (χ0) is 18.1. The van der Waals surface area contributed by atoms with Crippen LogP contribution in [0.15, 0.2) is 48.5 Å². The van der Waals surface area contributed by atoms with E-state index in [1.807, 2.05) is 24.3 Å². The quantitative estimate of drug-likeness (QED) is 0.559. The van der Waals surface area contributed by atoms with Crippen LogP contribution in [0.5, 0.6) is 5.75 Å². The average Bonchev–Trinajstić information content (AvgIpc) is 2.63. The van der Waals surface area contributed by atoms with Gasteiger partial charge in [-0.15, -0.1) is 0 Å². The van der Waals surface area contributed by atoms with Gasteiger partial charge in [0.15, 0.2) is 0 Å². The van der Waals surface area contributed by atoms with E-state index in [2.05, 4.69) is 50.4 Å². The van der Waals surface area contributed by atoms with Gasteiger partial charge in [0, 0.05) is 23.3 Å². The van der Waals surface area contributed by atoms with Gasteiger partial charge in [-0.25, -0.2) is 0 Å². The van der Waals surface area contributed by atoms with E-state index in [4.69, 9.17) is 10.5 Å². The second-order valence-corrected chi connectivity index (χ2v) is 7.46. The molecule has 136 valence electrons. The van der Waals surface area contributed by atoms with Crippen molar-refractivity contribution in [3.05, 3.63) is 54.1 Å². The minimum Gasteiger partial charge on any atom is -0.493 e. The van der Waals surface area contributed by atoms with Crippen molar-refractivity contribution in [2.75, 3.05) is 18.5 Å². The lowest BCUT2D eigenvalue weighted by Crippen LogP contribution is -2.30. The molecule has 0 heterocycles. The Kier molecular flexibility index (Phi) is 7.32. The highest BCUT2D eigenvalue weighted by Gasteiger charge is 2.16. The van der Waals surface area contributed by atoms with Crippen LogP contribution in [-0.4, -0.2) is 13.2 Å². The molecule has 0 bridgehead atoms. The largest absolute Gasteiger partial charge is 0.493 e. The average molecular weight is 341 g/mol. The summed E-state index contributed by atoms with van der Waals surface area (Å²) in [5.41, 5.74) is 9.31. The first kappa shape index (κ1) is 19.3. The van der Waals surface area contributed by atoms with Gasteiger partial charge in [0.2, 0.25) is 0 Å². The SMILES string of the molecule is CCCCCc1ccc(Nc2ccc(OCC(C)(C)CN)cc2)cc1. The predicted molar refractivity (Wildman–Crippen MR) is 108 cm³/mol. The van der Waals surface area contributed by atoms with E-state index in [-0.39, 0.29) is 5.41 Å². The fraction of sp³-hybridized carbons (Fsp3) is 0.455. The lowest BCUT2D eigenvalue weighted by atomic mass is 9.95. The van der Waals surface area contributed by atoms with Crippen molar-refractivity contribution < 1.29 is 4.74 Å². The molecule has 0 atom stereocenters. The number of nitrogens with two attached hydrogens (primary N) is 1. The number of ether oxygens (including phenoxy) is 1. The van der Waals surface area contributed by atoms with Gasteiger partial charge in [0.25, 0.3) is 0 Å². The molecule has 3 N–H and O–H groups in total. The molecule has 3 nitrogen and oxygen atoms in total. The van der Waals surface area contributed by atoms with Crippen LogP contribution in [0.3, 0.4) is 0 Å². The first-order chi connectivity index (χ1) is 12.0. The summed E-state index contributed by atoms with van der Waals surface area (Å²) in [4.78, 5) is 0. The fourth-order valence-corrected chi connectivity index (χ4v) is 2.47. The Hall–Kier alpha value is -2.00. The first-order valence-electron chi connectivity index (χ1n) is 9.31. The number of anilines is 2. The van der Waals surface area contributed by atoms with Crippen LogP contribution in [0.1, 0.15) is 45.6 Å². The lowest BCUT2D eigenvalue weighted by molar-refractivity contribution is 0.187. The highest BCUT2D eigenvalue weighted by Crippen LogP contribution is 2.22. The monoisotopic (exact) mass is 340 g/mol. The molecule has 2 rings (SSSR count). The van der Waals surface area contributed by atoms with Crippen LogP contribution in [0.25, 0.3) is 0 Å². The highest BCUT2D eigenvalue weighted by molar-refractivity contribution is 5.60. The molecule has 2 aromatic carbocycles. The molecule has 2 aromatic rings. The molecule has 0 radical (unpaired) electrons. The third-order valence-electron chi connectivity index (χ3n) is 4.35. The third kappa shape index (κ3) is 6.79. The Labute approximate surface area is 152 Å². The standard InChI is InChI=1S/C22H32N2O/c1-4-5-6-7-18-8-10-19(11-9-18)24-20-12-14-21(15-13-20)25-17-22(2,3)16-23/h8-15,24H,4-7,16-17,23H2,1-3H3. The normalized spacial score (nSPS) is 11.4. The van der Waals surface area contributed by atoms with Crippen molar-refractivity contribution in [1.29, 1.82) is 0 Å². The van der Waals surface area contributed by atoms with E-state index in [9.17, 15) is 0 Å². The van der Waals surface area contributed by atoms with Gasteiger partial charge >= 0.3 is 0 Å². The smallest absolute Gasteiger partial charge is 0.119 e. The number of benzene rings is 2. The van der Waals surface area contributed by atoms with Gasteiger partial charge in [0.1, 0.15) is 5.75 Å². The van der Waals surface area contributed by atoms with Gasteiger partial charge in [-0.3, -0.25) is 0 Å². The number of hydrogen-bond donors (Lipinski definition) is 2. The molecule has 0 unspecified atom stereocenters. The van der Waals surface area contributed by atoms with Crippen molar-refractivity contribution >= 4 is 11.4 Å². The molecule has 0 aliphatic rings. The van der Waals surface area contributed by atoms with Gasteiger partial charge in [-0.2, -0.15) is 0 Å². The van der Waals surface area contributed by atoms with Crippen molar-refractivity contribution in [2.24, 2.45) is 11.1 Å². The summed E-state index contributed by atoms with van der Waals surface area (Å²) in [5, 5.41) is 3.43. The molecule has 0 saturated carbocycles. The maximum Gasteiger partial charge on any atom is 0.119 e. The number of unbranched alkanes of at least 4 members (excludes halogenated alkanes) is 2. The maximum atomic E-state index is 5.82. The second kappa shape index (κ2) is 9.47. The minimum atomic E-state index is -0.00417. The molecular formula is C22H32N2O. The van der Waals surface area contributed by atoms with Gasteiger partial charge in [-0.05, 0) is 54.8 Å². The summed E-state index contributed by atoms with van der Waals surface area (Å²) < 4.78 is 5.82. The van der Waals surface area contributed by atoms with E-state index in [0.717, 1.165) is 17.1 Å². The van der Waals surface area contributed by atoms with Crippen molar-refractivity contribution in [3.63, 3.8) is 0 Å². The third-order valence-corrected chi connectivity index (χ3v) is 4.35. The Balaban J connectivity index is 1.86. The summed E-state index contributed by atoms with van der Waals surface area (Å²) in [7, 11) is 0. The zero-order valence-corrected chi connectivity index (χ0v) is 15.8. The number of aryl methyl sites for hydroxylation is 1. The van der Waals surface area contributed by atoms with Crippen LogP contribution >= 0.6 is 0 Å². The highest BCUT2D eigenvalue weighted by atomic mass is 16.5. The van der Waals surface area contributed by atoms with Crippen LogP contribution in [0, 0.1) is 5.41 Å². The molecule has 0 aliphatic heterocycles. The molecule has 0 fully saturated rings. The van der Waals surface area contributed by atoms with E-state index in [1.54, 1.807) is 0 Å². The van der Waals surface area contributed by atoms with Gasteiger partial charge in [-0.1, -0.05) is 45.7 Å². The molecule has 3 heteroatoms. The van der Waals surface area contributed by atoms with Gasteiger partial charge < -0.3 is 15.8 Å². The molecule has 0 amide bonds. The summed E-state index contributed by atoms with van der Waals surface area (Å²) in [6.45, 7) is 7.68. The summed E-state index contributed by atoms with van der Waals surface area (Å²) >= 11 is 0. The summed E-state index contributed by atoms with van der Waals surface area (Å²) in [6, 6.07) is 16.8.